The van der Waals surface area contributed by atoms with Gasteiger partial charge in [-0.25, -0.2) is 4.79 Å². The summed E-state index contributed by atoms with van der Waals surface area (Å²) in [5, 5.41) is 0.365. The van der Waals surface area contributed by atoms with Crippen molar-refractivity contribution >= 4 is 29.3 Å². The molecule has 0 aromatic carbocycles. The topological polar surface area (TPSA) is 65.0 Å². The second-order valence-electron chi connectivity index (χ2n) is 2.50. The average Bonchev–Trinajstić information content (AvgIpc) is 2.21. The molecule has 0 radical (unpaired) electrons. The van der Waals surface area contributed by atoms with Gasteiger partial charge in [0.05, 0.1) is 14.2 Å². The Bertz CT molecular complexity index is 305. The molecule has 0 aromatic heterocycles. The van der Waals surface area contributed by atoms with Gasteiger partial charge in [-0.15, -0.1) is 0 Å². The van der Waals surface area contributed by atoms with Crippen LogP contribution >= 0.6 is 11.6 Å². The third-order valence-corrected chi connectivity index (χ3v) is 1.45. The van der Waals surface area contributed by atoms with Crippen LogP contribution in [0.1, 0.15) is 6.92 Å². The number of aliphatic imine (C=N–C) groups is 1. The van der Waals surface area contributed by atoms with Crippen molar-refractivity contribution in [1.82, 2.24) is 0 Å². The maximum Gasteiger partial charge on any atom is 0.356 e. The summed E-state index contributed by atoms with van der Waals surface area (Å²) < 4.78 is 8.82. The number of rotatable bonds is 4. The number of ether oxygens (including phenoxy) is 2. The molecule has 0 fully saturated rings. The molecule has 0 saturated heterocycles. The molecular weight excluding hydrogens is 222 g/mol. The number of allylic oxidation sites excluding steroid dienone is 1. The van der Waals surface area contributed by atoms with E-state index in [1.54, 1.807) is 6.92 Å². The first-order valence-electron chi connectivity index (χ1n) is 4.04. The summed E-state index contributed by atoms with van der Waals surface area (Å²) in [5.41, 5.74) is -0.0181. The number of hydrogen-bond donors (Lipinski definition) is 0. The van der Waals surface area contributed by atoms with E-state index in [1.807, 2.05) is 0 Å². The molecule has 0 heterocycles. The zero-order valence-electron chi connectivity index (χ0n) is 8.74. The minimum Gasteiger partial charge on any atom is -0.468 e. The van der Waals surface area contributed by atoms with Gasteiger partial charge in [0.15, 0.2) is 0 Å². The van der Waals surface area contributed by atoms with Gasteiger partial charge in [0.25, 0.3) is 0 Å². The van der Waals surface area contributed by atoms with E-state index < -0.39 is 11.9 Å². The molecule has 0 aliphatic carbocycles. The largest absolute Gasteiger partial charge is 0.468 e. The highest BCUT2D eigenvalue weighted by Crippen LogP contribution is 2.00. The van der Waals surface area contributed by atoms with Crippen LogP contribution in [0.5, 0.6) is 0 Å². The molecule has 0 aliphatic rings. The van der Waals surface area contributed by atoms with Crippen molar-refractivity contribution in [2.45, 2.75) is 6.92 Å². The van der Waals surface area contributed by atoms with Gasteiger partial charge < -0.3 is 9.47 Å². The smallest absolute Gasteiger partial charge is 0.356 e. The highest BCUT2D eigenvalue weighted by atomic mass is 35.5. The number of methoxy groups -OCH3 is 2. The van der Waals surface area contributed by atoms with Gasteiger partial charge in [0.1, 0.15) is 12.3 Å². The molecule has 6 heteroatoms. The Morgan fingerprint density at radius 3 is 2.33 bits per heavy atom. The lowest BCUT2D eigenvalue weighted by atomic mass is 10.3. The molecule has 0 rings (SSSR count). The Kier molecular flexibility index (Phi) is 6.37. The van der Waals surface area contributed by atoms with Crippen molar-refractivity contribution in [3.8, 4) is 0 Å². The summed E-state index contributed by atoms with van der Waals surface area (Å²) in [6, 6.07) is 0. The van der Waals surface area contributed by atoms with Crippen LogP contribution in [0.25, 0.3) is 0 Å². The van der Waals surface area contributed by atoms with Gasteiger partial charge in [0, 0.05) is 5.03 Å². The lowest BCUT2D eigenvalue weighted by Crippen LogP contribution is -2.16. The standard InChI is InChI=1S/C9H12ClNO4/c1-6(10)4-7(9(13)15-3)11-5-8(12)14-2/h4H,5H2,1-3H3/b6-4+,11-7+. The molecule has 15 heavy (non-hydrogen) atoms. The summed E-state index contributed by atoms with van der Waals surface area (Å²) in [4.78, 5) is 25.6. The molecule has 5 nitrogen and oxygen atoms in total. The van der Waals surface area contributed by atoms with Gasteiger partial charge in [-0.05, 0) is 13.0 Å². The molecular formula is C9H12ClNO4. The summed E-state index contributed by atoms with van der Waals surface area (Å²) in [6.07, 6.45) is 1.32. The predicted molar refractivity (Wildman–Crippen MR) is 55.9 cm³/mol. The van der Waals surface area contributed by atoms with Crippen molar-refractivity contribution in [3.05, 3.63) is 11.1 Å². The first-order valence-corrected chi connectivity index (χ1v) is 4.42. The third-order valence-electron chi connectivity index (χ3n) is 1.34. The van der Waals surface area contributed by atoms with E-state index in [9.17, 15) is 9.59 Å². The summed E-state index contributed by atoms with van der Waals surface area (Å²) in [5.74, 6) is -1.20. The summed E-state index contributed by atoms with van der Waals surface area (Å²) in [7, 11) is 2.45. The average molecular weight is 234 g/mol. The lowest BCUT2D eigenvalue weighted by molar-refractivity contribution is -0.138. The van der Waals surface area contributed by atoms with Crippen LogP contribution in [-0.2, 0) is 19.1 Å². The van der Waals surface area contributed by atoms with Crippen molar-refractivity contribution in [1.29, 1.82) is 0 Å². The van der Waals surface area contributed by atoms with Gasteiger partial charge in [-0.3, -0.25) is 9.79 Å². The monoisotopic (exact) mass is 233 g/mol. The Balaban J connectivity index is 4.71. The number of nitrogens with zero attached hydrogens (tertiary/aromatic N) is 1. The Morgan fingerprint density at radius 1 is 1.33 bits per heavy atom. The quantitative estimate of drug-likeness (QED) is 0.535. The molecule has 0 saturated carbocycles. The zero-order valence-corrected chi connectivity index (χ0v) is 9.50. The second-order valence-corrected chi connectivity index (χ2v) is 3.10. The minimum absolute atomic E-state index is 0.0181. The van der Waals surface area contributed by atoms with E-state index >= 15 is 0 Å². The van der Waals surface area contributed by atoms with Crippen molar-refractivity contribution in [2.24, 2.45) is 4.99 Å². The summed E-state index contributed by atoms with van der Waals surface area (Å²) >= 11 is 5.58. The first-order chi connectivity index (χ1) is 7.01. The molecule has 0 spiro atoms. The maximum atomic E-state index is 11.1. The first kappa shape index (κ1) is 13.6. The Labute approximate surface area is 92.7 Å². The van der Waals surface area contributed by atoms with Crippen LogP contribution in [0.2, 0.25) is 0 Å². The zero-order chi connectivity index (χ0) is 11.8. The van der Waals surface area contributed by atoms with Crippen molar-refractivity contribution < 1.29 is 19.1 Å². The fourth-order valence-electron chi connectivity index (χ4n) is 0.676. The SMILES string of the molecule is COC(=O)C/N=C(\C=C(/C)Cl)C(=O)OC. The fraction of sp³-hybridized carbons (Fsp3) is 0.444. The minimum atomic E-state index is -0.654. The predicted octanol–water partition coefficient (Wildman–Crippen LogP) is 0.916. The highest BCUT2D eigenvalue weighted by molar-refractivity contribution is 6.44. The van der Waals surface area contributed by atoms with Crippen LogP contribution in [0.15, 0.2) is 16.1 Å². The van der Waals surface area contributed by atoms with E-state index in [0.29, 0.717) is 5.03 Å². The van der Waals surface area contributed by atoms with E-state index in [1.165, 1.54) is 20.3 Å². The lowest BCUT2D eigenvalue weighted by Gasteiger charge is -1.99. The highest BCUT2D eigenvalue weighted by Gasteiger charge is 2.09. The Hall–Kier alpha value is -1.36. The van der Waals surface area contributed by atoms with Crippen LogP contribution in [0.3, 0.4) is 0 Å². The summed E-state index contributed by atoms with van der Waals surface area (Å²) in [6.45, 7) is 1.33. The van der Waals surface area contributed by atoms with Gasteiger partial charge >= 0.3 is 11.9 Å². The molecule has 0 atom stereocenters. The van der Waals surface area contributed by atoms with E-state index in [-0.39, 0.29) is 12.3 Å². The molecule has 0 amide bonds. The van der Waals surface area contributed by atoms with Gasteiger partial charge in [-0.2, -0.15) is 0 Å². The van der Waals surface area contributed by atoms with E-state index in [4.69, 9.17) is 11.6 Å². The molecule has 0 unspecified atom stereocenters. The van der Waals surface area contributed by atoms with E-state index in [2.05, 4.69) is 14.5 Å². The number of carbonyl (C=O) groups excluding carboxylic acids is 2. The third kappa shape index (κ3) is 5.85. The van der Waals surface area contributed by atoms with Crippen LogP contribution < -0.4 is 0 Å². The number of carbonyl (C=O) groups is 2. The second kappa shape index (κ2) is 7.00. The van der Waals surface area contributed by atoms with Gasteiger partial charge in [0.2, 0.25) is 0 Å². The number of halogens is 1. The molecule has 0 N–H and O–H groups in total. The molecule has 84 valence electrons. The van der Waals surface area contributed by atoms with E-state index in [0.717, 1.165) is 0 Å². The van der Waals surface area contributed by atoms with Crippen molar-refractivity contribution in [3.63, 3.8) is 0 Å². The fourth-order valence-corrected chi connectivity index (χ4v) is 0.780. The normalized spacial score (nSPS) is 12.3. The van der Waals surface area contributed by atoms with Crippen molar-refractivity contribution in [2.75, 3.05) is 20.8 Å². The van der Waals surface area contributed by atoms with Gasteiger partial charge in [-0.1, -0.05) is 11.6 Å². The number of hydrogen-bond acceptors (Lipinski definition) is 5. The molecule has 0 aliphatic heterocycles. The maximum absolute atomic E-state index is 11.1. The molecule has 0 aromatic rings. The number of esters is 2. The van der Waals surface area contributed by atoms with Crippen LogP contribution in [0, 0.1) is 0 Å². The molecule has 0 bridgehead atoms. The Morgan fingerprint density at radius 2 is 1.93 bits per heavy atom. The van der Waals surface area contributed by atoms with Crippen LogP contribution in [0.4, 0.5) is 0 Å². The van der Waals surface area contributed by atoms with Crippen LogP contribution in [-0.4, -0.2) is 38.4 Å².